The molecule has 0 saturated carbocycles. The molecule has 0 spiro atoms. The second kappa shape index (κ2) is 7.13. The van der Waals surface area contributed by atoms with Gasteiger partial charge in [-0.15, -0.1) is 0 Å². The van der Waals surface area contributed by atoms with Crippen molar-refractivity contribution in [3.05, 3.63) is 65.0 Å². The molecule has 3 N–H and O–H groups in total. The van der Waals surface area contributed by atoms with Crippen LogP contribution in [0.25, 0.3) is 11.2 Å². The van der Waals surface area contributed by atoms with Gasteiger partial charge in [-0.1, -0.05) is 12.0 Å². The number of anilines is 1. The number of carbonyl (C=O) groups is 1. The molecule has 27 heavy (non-hydrogen) atoms. The van der Waals surface area contributed by atoms with E-state index in [-0.39, 0.29) is 5.91 Å². The van der Waals surface area contributed by atoms with Gasteiger partial charge in [0.25, 0.3) is 5.91 Å². The predicted octanol–water partition coefficient (Wildman–Crippen LogP) is 2.50. The summed E-state index contributed by atoms with van der Waals surface area (Å²) in [4.78, 5) is 20.9. The Morgan fingerprint density at radius 2 is 2.07 bits per heavy atom. The Morgan fingerprint density at radius 1 is 1.22 bits per heavy atom. The summed E-state index contributed by atoms with van der Waals surface area (Å²) in [6, 6.07) is 9.29. The Hall–Kier alpha value is -3.31. The molecule has 1 amide bonds. The molecule has 0 bridgehead atoms. The largest absolute Gasteiger partial charge is 0.396 e. The van der Waals surface area contributed by atoms with Gasteiger partial charge in [-0.05, 0) is 46.1 Å². The van der Waals surface area contributed by atoms with E-state index in [4.69, 9.17) is 5.73 Å². The summed E-state index contributed by atoms with van der Waals surface area (Å²) in [6.45, 7) is 0.421. The molecule has 4 heterocycles. The van der Waals surface area contributed by atoms with Gasteiger partial charge in [0, 0.05) is 25.4 Å². The predicted molar refractivity (Wildman–Crippen MR) is 106 cm³/mol. The Balaban J connectivity index is 1.41. The van der Waals surface area contributed by atoms with E-state index in [0.717, 1.165) is 11.2 Å². The quantitative estimate of drug-likeness (QED) is 0.392. The van der Waals surface area contributed by atoms with Crippen molar-refractivity contribution in [2.75, 3.05) is 12.3 Å². The second-order valence-corrected chi connectivity index (χ2v) is 6.54. The molecule has 0 aliphatic rings. The van der Waals surface area contributed by atoms with E-state index in [9.17, 15) is 4.79 Å². The number of pyridine rings is 2. The maximum Gasteiger partial charge on any atom is 0.287 e. The van der Waals surface area contributed by atoms with Crippen LogP contribution < -0.4 is 11.1 Å². The van der Waals surface area contributed by atoms with E-state index in [1.165, 1.54) is 0 Å². The van der Waals surface area contributed by atoms with Crippen molar-refractivity contribution in [2.24, 2.45) is 0 Å². The van der Waals surface area contributed by atoms with Crippen molar-refractivity contribution in [1.82, 2.24) is 24.1 Å². The van der Waals surface area contributed by atoms with Gasteiger partial charge in [0.1, 0.15) is 10.3 Å². The van der Waals surface area contributed by atoms with E-state index in [1.807, 2.05) is 34.9 Å². The standard InChI is InChI=1S/C19H15BrN6O/c20-16-15-8-2-4-10-26(15)18(24-16)19(27)22-9-3-1-6-13-12-23-17-14(21)7-5-11-25(13)17/h2,4-5,7-8,10-12H,3,9,21H2,(H,22,27). The fourth-order valence-corrected chi connectivity index (χ4v) is 3.25. The molecule has 0 atom stereocenters. The highest BCUT2D eigenvalue weighted by atomic mass is 79.9. The number of amides is 1. The Labute approximate surface area is 163 Å². The molecule has 4 aromatic rings. The summed E-state index contributed by atoms with van der Waals surface area (Å²) < 4.78 is 4.23. The van der Waals surface area contributed by atoms with Gasteiger partial charge in [-0.3, -0.25) is 13.6 Å². The van der Waals surface area contributed by atoms with Crippen molar-refractivity contribution in [3.8, 4) is 11.8 Å². The molecule has 4 aromatic heterocycles. The number of rotatable bonds is 3. The molecule has 0 saturated heterocycles. The van der Waals surface area contributed by atoms with Crippen LogP contribution in [0.15, 0.2) is 53.5 Å². The number of imidazole rings is 2. The van der Waals surface area contributed by atoms with Gasteiger partial charge in [-0.2, -0.15) is 0 Å². The lowest BCUT2D eigenvalue weighted by atomic mass is 10.3. The third-order valence-electron chi connectivity index (χ3n) is 4.02. The molecule has 0 radical (unpaired) electrons. The van der Waals surface area contributed by atoms with Gasteiger partial charge in [0.2, 0.25) is 5.82 Å². The SMILES string of the molecule is Nc1cccn2c(C#CCCNC(=O)c3nc(Br)c4ccccn34)cnc12. The number of nitrogens with zero attached hydrogens (tertiary/aromatic N) is 4. The number of nitrogens with one attached hydrogen (secondary N) is 1. The van der Waals surface area contributed by atoms with Crippen molar-refractivity contribution < 1.29 is 4.79 Å². The minimum atomic E-state index is -0.244. The average molecular weight is 423 g/mol. The number of nitrogen functional groups attached to an aromatic ring is 1. The number of nitrogens with two attached hydrogens (primary N) is 1. The molecule has 0 unspecified atom stereocenters. The summed E-state index contributed by atoms with van der Waals surface area (Å²) in [6.07, 6.45) is 5.86. The monoisotopic (exact) mass is 422 g/mol. The third-order valence-corrected chi connectivity index (χ3v) is 4.61. The van der Waals surface area contributed by atoms with Crippen molar-refractivity contribution >= 4 is 38.7 Å². The zero-order valence-corrected chi connectivity index (χ0v) is 15.8. The summed E-state index contributed by atoms with van der Waals surface area (Å²) in [5.74, 6) is 6.19. The van der Waals surface area contributed by atoms with E-state index in [1.54, 1.807) is 22.9 Å². The van der Waals surface area contributed by atoms with Crippen molar-refractivity contribution in [3.63, 3.8) is 0 Å². The van der Waals surface area contributed by atoms with Gasteiger partial charge in [0.05, 0.1) is 17.4 Å². The molecular weight excluding hydrogens is 408 g/mol. The molecule has 7 nitrogen and oxygen atoms in total. The smallest absolute Gasteiger partial charge is 0.287 e. The number of fused-ring (bicyclic) bond motifs is 2. The van der Waals surface area contributed by atoms with Gasteiger partial charge in [-0.25, -0.2) is 9.97 Å². The Kier molecular flexibility index (Phi) is 4.52. The fourth-order valence-electron chi connectivity index (χ4n) is 2.76. The van der Waals surface area contributed by atoms with Crippen LogP contribution in [-0.2, 0) is 0 Å². The fraction of sp³-hybridized carbons (Fsp3) is 0.105. The molecule has 0 aliphatic carbocycles. The van der Waals surface area contributed by atoms with Crippen LogP contribution in [0.5, 0.6) is 0 Å². The van der Waals surface area contributed by atoms with Gasteiger partial charge >= 0.3 is 0 Å². The molecular formula is C19H15BrN6O. The summed E-state index contributed by atoms with van der Waals surface area (Å²) >= 11 is 3.37. The first kappa shape index (κ1) is 17.1. The van der Waals surface area contributed by atoms with Crippen LogP contribution in [0, 0.1) is 11.8 Å². The maximum absolute atomic E-state index is 12.4. The number of hydrogen-bond donors (Lipinski definition) is 2. The summed E-state index contributed by atoms with van der Waals surface area (Å²) in [7, 11) is 0. The molecule has 8 heteroatoms. The Bertz CT molecular complexity index is 1210. The lowest BCUT2D eigenvalue weighted by molar-refractivity contribution is 0.0943. The Morgan fingerprint density at radius 3 is 2.96 bits per heavy atom. The van der Waals surface area contributed by atoms with Crippen molar-refractivity contribution in [1.29, 1.82) is 0 Å². The molecule has 0 aliphatic heterocycles. The second-order valence-electron chi connectivity index (χ2n) is 5.79. The lowest BCUT2D eigenvalue weighted by Crippen LogP contribution is -2.26. The van der Waals surface area contributed by atoms with E-state index in [0.29, 0.717) is 34.7 Å². The highest BCUT2D eigenvalue weighted by Crippen LogP contribution is 2.18. The zero-order chi connectivity index (χ0) is 18.8. The maximum atomic E-state index is 12.4. The molecule has 134 valence electrons. The van der Waals surface area contributed by atoms with Gasteiger partial charge < -0.3 is 11.1 Å². The topological polar surface area (TPSA) is 89.7 Å². The van der Waals surface area contributed by atoms with Crippen LogP contribution in [0.2, 0.25) is 0 Å². The first-order chi connectivity index (χ1) is 13.1. The van der Waals surface area contributed by atoms with Crippen LogP contribution in [0.1, 0.15) is 22.7 Å². The lowest BCUT2D eigenvalue weighted by Gasteiger charge is -2.02. The molecule has 0 fully saturated rings. The van der Waals surface area contributed by atoms with Crippen LogP contribution in [0.3, 0.4) is 0 Å². The minimum absolute atomic E-state index is 0.244. The highest BCUT2D eigenvalue weighted by Gasteiger charge is 2.15. The van der Waals surface area contributed by atoms with Crippen molar-refractivity contribution in [2.45, 2.75) is 6.42 Å². The van der Waals surface area contributed by atoms with Crippen LogP contribution in [-0.4, -0.2) is 31.2 Å². The van der Waals surface area contributed by atoms with E-state index < -0.39 is 0 Å². The van der Waals surface area contributed by atoms with E-state index in [2.05, 4.69) is 43.1 Å². The summed E-state index contributed by atoms with van der Waals surface area (Å²) in [5.41, 5.74) is 8.78. The summed E-state index contributed by atoms with van der Waals surface area (Å²) in [5, 5.41) is 2.84. The first-order valence-corrected chi connectivity index (χ1v) is 9.05. The molecule has 0 aromatic carbocycles. The minimum Gasteiger partial charge on any atom is -0.396 e. The number of aromatic nitrogens is 4. The first-order valence-electron chi connectivity index (χ1n) is 8.26. The number of carbonyl (C=O) groups excluding carboxylic acids is 1. The molecule has 4 rings (SSSR count). The average Bonchev–Trinajstić information content (AvgIpc) is 3.24. The normalized spacial score (nSPS) is 10.7. The van der Waals surface area contributed by atoms with Gasteiger partial charge in [0.15, 0.2) is 5.65 Å². The number of hydrogen-bond acceptors (Lipinski definition) is 4. The van der Waals surface area contributed by atoms with Crippen LogP contribution in [0.4, 0.5) is 5.69 Å². The zero-order valence-electron chi connectivity index (χ0n) is 14.2. The van der Waals surface area contributed by atoms with Crippen LogP contribution >= 0.6 is 15.9 Å². The van der Waals surface area contributed by atoms with E-state index >= 15 is 0 Å². The third kappa shape index (κ3) is 3.25. The highest BCUT2D eigenvalue weighted by molar-refractivity contribution is 9.10. The number of halogens is 1.